The lowest BCUT2D eigenvalue weighted by molar-refractivity contribution is -0.128. The highest BCUT2D eigenvalue weighted by Gasteiger charge is 2.34. The van der Waals surface area contributed by atoms with Gasteiger partial charge in [-0.15, -0.1) is 0 Å². The Balaban J connectivity index is 1.59. The first-order valence-corrected chi connectivity index (χ1v) is 7.64. The van der Waals surface area contributed by atoms with Crippen LogP contribution in [0.2, 0.25) is 0 Å². The summed E-state index contributed by atoms with van der Waals surface area (Å²) in [5, 5.41) is 2.79. The Kier molecular flexibility index (Phi) is 4.69. The third-order valence-electron chi connectivity index (χ3n) is 3.88. The van der Waals surface area contributed by atoms with Crippen molar-refractivity contribution in [3.63, 3.8) is 0 Å². The number of likely N-dealkylation sites (tertiary alicyclic amines) is 1. The highest BCUT2D eigenvalue weighted by Crippen LogP contribution is 2.21. The molecule has 0 aromatic carbocycles. The van der Waals surface area contributed by atoms with E-state index in [2.05, 4.69) is 15.3 Å². The Morgan fingerprint density at radius 1 is 1.33 bits per heavy atom. The van der Waals surface area contributed by atoms with E-state index in [1.54, 1.807) is 23.2 Å². The maximum absolute atomic E-state index is 12.3. The summed E-state index contributed by atoms with van der Waals surface area (Å²) in [5.74, 6) is -0.110. The molecule has 124 valence electrons. The van der Waals surface area contributed by atoms with E-state index in [0.717, 1.165) is 5.69 Å². The van der Waals surface area contributed by atoms with Gasteiger partial charge < -0.3 is 15.0 Å². The van der Waals surface area contributed by atoms with E-state index in [1.807, 2.05) is 18.2 Å². The third-order valence-corrected chi connectivity index (χ3v) is 3.88. The standard InChI is InChI=1S/C17H18N4O3/c1-24-15-6-5-13(9-19-15)20-17(23)12-8-16(22)21(10-12)11-14-4-2-3-7-18-14/h2-7,9,12H,8,10-11H2,1H3,(H,20,23)/t12-/m0/s1. The fourth-order valence-corrected chi connectivity index (χ4v) is 2.61. The first kappa shape index (κ1) is 15.9. The van der Waals surface area contributed by atoms with Crippen LogP contribution in [0.4, 0.5) is 5.69 Å². The highest BCUT2D eigenvalue weighted by molar-refractivity contribution is 5.97. The number of ether oxygens (including phenoxy) is 1. The van der Waals surface area contributed by atoms with Crippen LogP contribution >= 0.6 is 0 Å². The van der Waals surface area contributed by atoms with Gasteiger partial charge in [0.25, 0.3) is 0 Å². The van der Waals surface area contributed by atoms with Gasteiger partial charge in [-0.3, -0.25) is 14.6 Å². The minimum absolute atomic E-state index is 0.0336. The maximum Gasteiger partial charge on any atom is 0.229 e. The molecular formula is C17H18N4O3. The molecule has 0 spiro atoms. The fourth-order valence-electron chi connectivity index (χ4n) is 2.61. The van der Waals surface area contributed by atoms with Gasteiger partial charge in [0.2, 0.25) is 17.7 Å². The van der Waals surface area contributed by atoms with E-state index in [0.29, 0.717) is 24.7 Å². The normalized spacial score (nSPS) is 17.0. The Bertz CT molecular complexity index is 718. The zero-order valence-corrected chi connectivity index (χ0v) is 13.3. The Morgan fingerprint density at radius 3 is 2.88 bits per heavy atom. The molecule has 1 aliphatic heterocycles. The number of carbonyl (C=O) groups excluding carboxylic acids is 2. The lowest BCUT2D eigenvalue weighted by Gasteiger charge is -2.16. The number of nitrogens with one attached hydrogen (secondary N) is 1. The van der Waals surface area contributed by atoms with E-state index < -0.39 is 0 Å². The van der Waals surface area contributed by atoms with Gasteiger partial charge >= 0.3 is 0 Å². The number of carbonyl (C=O) groups is 2. The second-order valence-corrected chi connectivity index (χ2v) is 5.57. The van der Waals surface area contributed by atoms with E-state index in [9.17, 15) is 9.59 Å². The molecule has 3 heterocycles. The van der Waals surface area contributed by atoms with Crippen LogP contribution < -0.4 is 10.1 Å². The molecule has 0 unspecified atom stereocenters. The molecule has 24 heavy (non-hydrogen) atoms. The predicted molar refractivity (Wildman–Crippen MR) is 87.2 cm³/mol. The summed E-state index contributed by atoms with van der Waals surface area (Å²) in [4.78, 5) is 34.4. The monoisotopic (exact) mass is 326 g/mol. The zero-order chi connectivity index (χ0) is 16.9. The van der Waals surface area contributed by atoms with Crippen molar-refractivity contribution in [1.29, 1.82) is 0 Å². The van der Waals surface area contributed by atoms with Crippen molar-refractivity contribution in [2.75, 3.05) is 19.0 Å². The molecule has 0 saturated carbocycles. The van der Waals surface area contributed by atoms with Gasteiger partial charge in [0.15, 0.2) is 0 Å². The molecule has 7 heteroatoms. The van der Waals surface area contributed by atoms with Gasteiger partial charge in [0.1, 0.15) is 0 Å². The van der Waals surface area contributed by atoms with Crippen LogP contribution in [0.3, 0.4) is 0 Å². The molecule has 2 aromatic heterocycles. The van der Waals surface area contributed by atoms with Crippen LogP contribution in [0.1, 0.15) is 12.1 Å². The number of amides is 2. The summed E-state index contributed by atoms with van der Waals surface area (Å²) in [6.07, 6.45) is 3.43. The number of methoxy groups -OCH3 is 1. The van der Waals surface area contributed by atoms with Gasteiger partial charge in [-0.2, -0.15) is 0 Å². The maximum atomic E-state index is 12.3. The summed E-state index contributed by atoms with van der Waals surface area (Å²) in [5.41, 5.74) is 1.39. The molecule has 1 fully saturated rings. The predicted octanol–water partition coefficient (Wildman–Crippen LogP) is 1.47. The van der Waals surface area contributed by atoms with Crippen molar-refractivity contribution < 1.29 is 14.3 Å². The molecule has 3 rings (SSSR count). The van der Waals surface area contributed by atoms with E-state index in [4.69, 9.17) is 4.74 Å². The van der Waals surface area contributed by atoms with E-state index >= 15 is 0 Å². The quantitative estimate of drug-likeness (QED) is 0.899. The van der Waals surface area contributed by atoms with E-state index in [1.165, 1.54) is 13.3 Å². The Hall–Kier alpha value is -2.96. The molecule has 0 radical (unpaired) electrons. The molecule has 1 atom stereocenters. The second-order valence-electron chi connectivity index (χ2n) is 5.57. The van der Waals surface area contributed by atoms with Crippen LogP contribution in [0.25, 0.3) is 0 Å². The lowest BCUT2D eigenvalue weighted by Crippen LogP contribution is -2.28. The summed E-state index contributed by atoms with van der Waals surface area (Å²) in [6, 6.07) is 8.96. The molecule has 1 N–H and O–H groups in total. The van der Waals surface area contributed by atoms with Crippen LogP contribution in [0.5, 0.6) is 5.88 Å². The topological polar surface area (TPSA) is 84.4 Å². The Morgan fingerprint density at radius 2 is 2.21 bits per heavy atom. The second kappa shape index (κ2) is 7.08. The van der Waals surface area contributed by atoms with Crippen molar-refractivity contribution in [2.24, 2.45) is 5.92 Å². The summed E-state index contributed by atoms with van der Waals surface area (Å²) in [7, 11) is 1.53. The van der Waals surface area contributed by atoms with Gasteiger partial charge in [-0.05, 0) is 18.2 Å². The molecule has 7 nitrogen and oxygen atoms in total. The van der Waals surface area contributed by atoms with Gasteiger partial charge in [0, 0.05) is 25.2 Å². The Labute approximate surface area is 139 Å². The number of hydrogen-bond donors (Lipinski definition) is 1. The minimum Gasteiger partial charge on any atom is -0.481 e. The molecule has 1 saturated heterocycles. The van der Waals surface area contributed by atoms with Crippen LogP contribution in [0, 0.1) is 5.92 Å². The number of hydrogen-bond acceptors (Lipinski definition) is 5. The SMILES string of the molecule is COc1ccc(NC(=O)[C@H]2CC(=O)N(Cc3ccccn3)C2)cn1. The van der Waals surface area contributed by atoms with Crippen molar-refractivity contribution in [3.8, 4) is 5.88 Å². The third kappa shape index (κ3) is 3.68. The van der Waals surface area contributed by atoms with Crippen LogP contribution in [-0.2, 0) is 16.1 Å². The number of nitrogens with zero attached hydrogens (tertiary/aromatic N) is 3. The van der Waals surface area contributed by atoms with E-state index in [-0.39, 0.29) is 24.2 Å². The first-order chi connectivity index (χ1) is 11.7. The summed E-state index contributed by atoms with van der Waals surface area (Å²) in [6.45, 7) is 0.818. The molecule has 0 aliphatic carbocycles. The largest absolute Gasteiger partial charge is 0.481 e. The average Bonchev–Trinajstić information content (AvgIpc) is 2.97. The molecule has 0 bridgehead atoms. The van der Waals surface area contributed by atoms with Gasteiger partial charge in [-0.1, -0.05) is 6.07 Å². The van der Waals surface area contributed by atoms with Crippen molar-refractivity contribution >= 4 is 17.5 Å². The molecule has 2 amide bonds. The van der Waals surface area contributed by atoms with Crippen LogP contribution in [0.15, 0.2) is 42.7 Å². The number of pyridine rings is 2. The molecule has 2 aromatic rings. The average molecular weight is 326 g/mol. The highest BCUT2D eigenvalue weighted by atomic mass is 16.5. The van der Waals surface area contributed by atoms with Crippen molar-refractivity contribution in [2.45, 2.75) is 13.0 Å². The number of aromatic nitrogens is 2. The van der Waals surface area contributed by atoms with Crippen molar-refractivity contribution in [3.05, 3.63) is 48.4 Å². The lowest BCUT2D eigenvalue weighted by atomic mass is 10.1. The number of anilines is 1. The fraction of sp³-hybridized carbons (Fsp3) is 0.294. The number of rotatable bonds is 5. The van der Waals surface area contributed by atoms with Crippen LogP contribution in [-0.4, -0.2) is 40.3 Å². The summed E-state index contributed by atoms with van der Waals surface area (Å²) >= 11 is 0. The minimum atomic E-state index is -0.372. The van der Waals surface area contributed by atoms with Gasteiger partial charge in [0.05, 0.1) is 37.2 Å². The summed E-state index contributed by atoms with van der Waals surface area (Å²) < 4.78 is 4.98. The van der Waals surface area contributed by atoms with Gasteiger partial charge in [-0.25, -0.2) is 4.98 Å². The zero-order valence-electron chi connectivity index (χ0n) is 13.3. The molecular weight excluding hydrogens is 308 g/mol. The first-order valence-electron chi connectivity index (χ1n) is 7.64. The molecule has 1 aliphatic rings. The van der Waals surface area contributed by atoms with Crippen molar-refractivity contribution in [1.82, 2.24) is 14.9 Å². The smallest absolute Gasteiger partial charge is 0.229 e.